The number of hydrogen-bond donors (Lipinski definition) is 5. The number of carbonyl (C=O) groups is 2. The van der Waals surface area contributed by atoms with Gasteiger partial charge in [-0.05, 0) is 30.7 Å². The van der Waals surface area contributed by atoms with Gasteiger partial charge in [-0.3, -0.25) is 0 Å². The summed E-state index contributed by atoms with van der Waals surface area (Å²) < 4.78 is 4.61. The first-order valence-corrected chi connectivity index (χ1v) is 6.15. The van der Waals surface area contributed by atoms with Crippen LogP contribution in [0.25, 0.3) is 6.08 Å². The minimum absolute atomic E-state index is 0.307. The van der Waals surface area contributed by atoms with Crippen molar-refractivity contribution in [3.8, 4) is 11.5 Å². The zero-order chi connectivity index (χ0) is 16.9. The van der Waals surface area contributed by atoms with Crippen LogP contribution in [0.5, 0.6) is 11.5 Å². The summed E-state index contributed by atoms with van der Waals surface area (Å²) in [6, 6.07) is 3.88. The van der Waals surface area contributed by atoms with Crippen LogP contribution in [-0.2, 0) is 14.3 Å². The van der Waals surface area contributed by atoms with Crippen LogP contribution in [0.1, 0.15) is 12.5 Å². The molecular formula is C14H16O8. The van der Waals surface area contributed by atoms with E-state index in [9.17, 15) is 24.9 Å². The van der Waals surface area contributed by atoms with Crippen molar-refractivity contribution in [3.63, 3.8) is 0 Å². The van der Waals surface area contributed by atoms with Gasteiger partial charge >= 0.3 is 11.9 Å². The summed E-state index contributed by atoms with van der Waals surface area (Å²) in [7, 11) is 0. The molecule has 0 saturated carbocycles. The first-order chi connectivity index (χ1) is 10.1. The van der Waals surface area contributed by atoms with Crippen molar-refractivity contribution in [3.05, 3.63) is 29.8 Å². The molecule has 0 aliphatic heterocycles. The Morgan fingerprint density at radius 1 is 1.32 bits per heavy atom. The molecule has 0 aliphatic rings. The summed E-state index contributed by atoms with van der Waals surface area (Å²) >= 11 is 0. The van der Waals surface area contributed by atoms with Gasteiger partial charge in [-0.2, -0.15) is 0 Å². The lowest BCUT2D eigenvalue weighted by Crippen LogP contribution is -2.49. The molecule has 0 bridgehead atoms. The van der Waals surface area contributed by atoms with Crippen LogP contribution in [0.3, 0.4) is 0 Å². The third-order valence-electron chi connectivity index (χ3n) is 2.88. The summed E-state index contributed by atoms with van der Waals surface area (Å²) in [4.78, 5) is 22.1. The predicted molar refractivity (Wildman–Crippen MR) is 74.0 cm³/mol. The Bertz CT molecular complexity index is 591. The van der Waals surface area contributed by atoms with Gasteiger partial charge in [0.25, 0.3) is 0 Å². The molecule has 0 spiro atoms. The number of carboxylic acids is 1. The largest absolute Gasteiger partial charge is 0.504 e. The molecule has 0 amide bonds. The first-order valence-electron chi connectivity index (χ1n) is 6.15. The van der Waals surface area contributed by atoms with Crippen LogP contribution in [0.2, 0.25) is 0 Å². The van der Waals surface area contributed by atoms with Gasteiger partial charge in [0.1, 0.15) is 12.7 Å². The Hall–Kier alpha value is -2.58. The van der Waals surface area contributed by atoms with Gasteiger partial charge in [0, 0.05) is 6.08 Å². The van der Waals surface area contributed by atoms with Gasteiger partial charge < -0.3 is 30.3 Å². The van der Waals surface area contributed by atoms with Crippen LogP contribution in [-0.4, -0.2) is 55.8 Å². The molecule has 5 N–H and O–H groups in total. The highest BCUT2D eigenvalue weighted by Gasteiger charge is 2.39. The van der Waals surface area contributed by atoms with Crippen molar-refractivity contribution in [2.24, 2.45) is 0 Å². The van der Waals surface area contributed by atoms with E-state index in [1.165, 1.54) is 24.3 Å². The fourth-order valence-corrected chi connectivity index (χ4v) is 1.32. The number of aliphatic hydroxyl groups is 2. The molecular weight excluding hydrogens is 296 g/mol. The van der Waals surface area contributed by atoms with Crippen molar-refractivity contribution in [2.75, 3.05) is 6.61 Å². The fourth-order valence-electron chi connectivity index (χ4n) is 1.32. The first kappa shape index (κ1) is 17.5. The maximum Gasteiger partial charge on any atom is 0.338 e. The Balaban J connectivity index is 2.58. The van der Waals surface area contributed by atoms with Crippen LogP contribution in [0, 0.1) is 0 Å². The molecule has 0 aromatic heterocycles. The number of rotatable bonds is 6. The van der Waals surface area contributed by atoms with Crippen molar-refractivity contribution < 1.29 is 39.9 Å². The lowest BCUT2D eigenvalue weighted by atomic mass is 10.0. The second-order valence-corrected chi connectivity index (χ2v) is 4.68. The summed E-state index contributed by atoms with van der Waals surface area (Å²) in [6.07, 6.45) is 0.470. The second-order valence-electron chi connectivity index (χ2n) is 4.68. The quantitative estimate of drug-likeness (QED) is 0.277. The maximum atomic E-state index is 11.4. The topological polar surface area (TPSA) is 145 Å². The molecule has 8 nitrogen and oxygen atoms in total. The standard InChI is InChI=1S/C14H16O8/c1-14(21,13(19)20)11(17)7-22-12(18)5-3-8-2-4-9(15)10(16)6-8/h2-6,11,15-17,21H,7H2,1H3,(H,19,20)/b5-3+/t11?,14-/m1/s1. The number of benzene rings is 1. The molecule has 120 valence electrons. The monoisotopic (exact) mass is 312 g/mol. The Morgan fingerprint density at radius 3 is 2.50 bits per heavy atom. The molecule has 1 aromatic carbocycles. The van der Waals surface area contributed by atoms with Crippen LogP contribution in [0.4, 0.5) is 0 Å². The van der Waals surface area contributed by atoms with Gasteiger partial charge in [-0.15, -0.1) is 0 Å². The number of hydrogen-bond acceptors (Lipinski definition) is 7. The third kappa shape index (κ3) is 4.47. The van der Waals surface area contributed by atoms with Crippen LogP contribution in [0.15, 0.2) is 24.3 Å². The van der Waals surface area contributed by atoms with Crippen molar-refractivity contribution in [1.82, 2.24) is 0 Å². The molecule has 1 aromatic rings. The van der Waals surface area contributed by atoms with Crippen LogP contribution >= 0.6 is 0 Å². The zero-order valence-electron chi connectivity index (χ0n) is 11.6. The Labute approximate surface area is 125 Å². The number of phenolic OH excluding ortho intramolecular Hbond substituents is 2. The lowest BCUT2D eigenvalue weighted by Gasteiger charge is -2.23. The Kier molecular flexibility index (Phi) is 5.50. The number of aliphatic hydroxyl groups excluding tert-OH is 1. The number of esters is 1. The van der Waals surface area contributed by atoms with Crippen molar-refractivity contribution in [2.45, 2.75) is 18.6 Å². The molecule has 0 aliphatic carbocycles. The Morgan fingerprint density at radius 2 is 1.95 bits per heavy atom. The van der Waals surface area contributed by atoms with Crippen molar-refractivity contribution >= 4 is 18.0 Å². The molecule has 8 heteroatoms. The minimum atomic E-state index is -2.44. The summed E-state index contributed by atoms with van der Waals surface area (Å²) in [5.74, 6) is -3.19. The van der Waals surface area contributed by atoms with Gasteiger partial charge in [0.05, 0.1) is 0 Å². The highest BCUT2D eigenvalue weighted by molar-refractivity contribution is 5.87. The molecule has 0 radical (unpaired) electrons. The lowest BCUT2D eigenvalue weighted by molar-refractivity contribution is -0.175. The normalized spacial score (nSPS) is 15.2. The molecule has 1 rings (SSSR count). The van der Waals surface area contributed by atoms with E-state index in [2.05, 4.69) is 4.74 Å². The number of phenols is 2. The second kappa shape index (κ2) is 6.92. The molecule has 0 saturated heterocycles. The van der Waals surface area contributed by atoms with E-state index in [-0.39, 0.29) is 11.5 Å². The maximum absolute atomic E-state index is 11.4. The number of carbonyl (C=O) groups excluding carboxylic acids is 1. The zero-order valence-corrected chi connectivity index (χ0v) is 11.6. The van der Waals surface area contributed by atoms with E-state index in [0.717, 1.165) is 13.0 Å². The van der Waals surface area contributed by atoms with E-state index in [0.29, 0.717) is 5.56 Å². The van der Waals surface area contributed by atoms with Gasteiger partial charge in [-0.1, -0.05) is 6.07 Å². The van der Waals surface area contributed by atoms with Gasteiger partial charge in [-0.25, -0.2) is 9.59 Å². The predicted octanol–water partition coefficient (Wildman–Crippen LogP) is -0.149. The summed E-state index contributed by atoms with van der Waals surface area (Å²) in [5.41, 5.74) is -2.03. The van der Waals surface area contributed by atoms with E-state index >= 15 is 0 Å². The minimum Gasteiger partial charge on any atom is -0.504 e. The SMILES string of the molecule is C[C@](O)(C(=O)O)C(O)COC(=O)/C=C/c1ccc(O)c(O)c1. The molecule has 22 heavy (non-hydrogen) atoms. The molecule has 1 unspecified atom stereocenters. The highest BCUT2D eigenvalue weighted by atomic mass is 16.5. The average Bonchev–Trinajstić information content (AvgIpc) is 2.45. The molecule has 0 fully saturated rings. The number of ether oxygens (including phenoxy) is 1. The van der Waals surface area contributed by atoms with Gasteiger partial charge in [0.15, 0.2) is 17.1 Å². The smallest absolute Gasteiger partial charge is 0.338 e. The third-order valence-corrected chi connectivity index (χ3v) is 2.88. The molecule has 2 atom stereocenters. The van der Waals surface area contributed by atoms with E-state index in [4.69, 9.17) is 10.2 Å². The number of aromatic hydroxyl groups is 2. The van der Waals surface area contributed by atoms with E-state index < -0.39 is 30.3 Å². The summed E-state index contributed by atoms with van der Waals surface area (Å²) in [5, 5.41) is 45.9. The molecule has 0 heterocycles. The summed E-state index contributed by atoms with van der Waals surface area (Å²) in [6.45, 7) is 0.173. The van der Waals surface area contributed by atoms with E-state index in [1.807, 2.05) is 0 Å². The average molecular weight is 312 g/mol. The van der Waals surface area contributed by atoms with E-state index in [1.54, 1.807) is 0 Å². The fraction of sp³-hybridized carbons (Fsp3) is 0.286. The van der Waals surface area contributed by atoms with Crippen molar-refractivity contribution in [1.29, 1.82) is 0 Å². The van der Waals surface area contributed by atoms with Crippen LogP contribution < -0.4 is 0 Å². The number of aliphatic carboxylic acids is 1. The highest BCUT2D eigenvalue weighted by Crippen LogP contribution is 2.25. The van der Waals surface area contributed by atoms with Gasteiger partial charge in [0.2, 0.25) is 0 Å². The number of carboxylic acid groups (broad SMARTS) is 1.